The lowest BCUT2D eigenvalue weighted by Crippen LogP contribution is -2.04. The Balaban J connectivity index is 2.19. The number of fused-ring (bicyclic) bond motifs is 3. The van der Waals surface area contributed by atoms with Crippen molar-refractivity contribution in [3.63, 3.8) is 0 Å². The second-order valence-corrected chi connectivity index (χ2v) is 4.81. The highest BCUT2D eigenvalue weighted by Gasteiger charge is 2.11. The lowest BCUT2D eigenvalue weighted by molar-refractivity contribution is 0.832. The third-order valence-electron chi connectivity index (χ3n) is 3.38. The van der Waals surface area contributed by atoms with Crippen LogP contribution in [0.15, 0.2) is 30.6 Å². The number of benzene rings is 1. The van der Waals surface area contributed by atoms with Crippen molar-refractivity contribution in [2.75, 3.05) is 11.9 Å². The van der Waals surface area contributed by atoms with Crippen LogP contribution in [0.4, 0.5) is 5.82 Å². The van der Waals surface area contributed by atoms with Crippen molar-refractivity contribution in [1.29, 1.82) is 0 Å². The topological polar surface area (TPSA) is 42.7 Å². The summed E-state index contributed by atoms with van der Waals surface area (Å²) in [7, 11) is 2.03. The van der Waals surface area contributed by atoms with Gasteiger partial charge in [0.25, 0.3) is 0 Å². The summed E-state index contributed by atoms with van der Waals surface area (Å²) in [6, 6.07) is 8.21. The van der Waals surface area contributed by atoms with Gasteiger partial charge in [0.05, 0.1) is 17.4 Å². The highest BCUT2D eigenvalue weighted by atomic mass is 15.1. The van der Waals surface area contributed by atoms with Crippen LogP contribution >= 0.6 is 0 Å². The van der Waals surface area contributed by atoms with Gasteiger partial charge in [-0.15, -0.1) is 0 Å². The fourth-order valence-corrected chi connectivity index (χ4v) is 2.37. The summed E-state index contributed by atoms with van der Waals surface area (Å²) < 4.78 is 2.06. The Kier molecular flexibility index (Phi) is 3.07. The third-order valence-corrected chi connectivity index (χ3v) is 3.38. The third kappa shape index (κ3) is 2.03. The van der Waals surface area contributed by atoms with Crippen molar-refractivity contribution in [2.24, 2.45) is 7.05 Å². The summed E-state index contributed by atoms with van der Waals surface area (Å²) in [4.78, 5) is 9.19. The van der Waals surface area contributed by atoms with E-state index in [0.717, 1.165) is 40.7 Å². The second-order valence-electron chi connectivity index (χ2n) is 4.81. The summed E-state index contributed by atoms with van der Waals surface area (Å²) in [5, 5.41) is 4.56. The Morgan fingerprint density at radius 1 is 1.26 bits per heavy atom. The molecule has 0 radical (unpaired) electrons. The van der Waals surface area contributed by atoms with Crippen LogP contribution in [0.3, 0.4) is 0 Å². The van der Waals surface area contributed by atoms with Crippen LogP contribution < -0.4 is 5.32 Å². The molecule has 0 atom stereocenters. The number of hydrogen-bond donors (Lipinski definition) is 1. The molecule has 0 aliphatic carbocycles. The van der Waals surface area contributed by atoms with Gasteiger partial charge >= 0.3 is 0 Å². The minimum absolute atomic E-state index is 0.891. The van der Waals surface area contributed by atoms with Gasteiger partial charge in [0.2, 0.25) is 0 Å². The first-order valence-corrected chi connectivity index (χ1v) is 6.75. The van der Waals surface area contributed by atoms with E-state index in [9.17, 15) is 0 Å². The molecule has 3 rings (SSSR count). The maximum Gasteiger partial charge on any atom is 0.154 e. The van der Waals surface area contributed by atoms with Gasteiger partial charge in [-0.1, -0.05) is 31.5 Å². The quantitative estimate of drug-likeness (QED) is 0.726. The van der Waals surface area contributed by atoms with Gasteiger partial charge in [-0.2, -0.15) is 0 Å². The number of nitrogens with one attached hydrogen (secondary N) is 1. The summed E-state index contributed by atoms with van der Waals surface area (Å²) in [6.45, 7) is 3.12. The number of rotatable bonds is 4. The van der Waals surface area contributed by atoms with Crippen molar-refractivity contribution < 1.29 is 0 Å². The molecule has 4 heteroatoms. The number of hydrogen-bond acceptors (Lipinski definition) is 3. The zero-order valence-corrected chi connectivity index (χ0v) is 11.3. The standard InChI is InChI=1S/C15H18N4/c1-3-4-9-16-15-13-14(19(2)10-17-13)11-7-5-6-8-12(11)18-15/h5-8,10H,3-4,9H2,1-2H3,(H,16,18). The Morgan fingerprint density at radius 3 is 2.95 bits per heavy atom. The predicted octanol–water partition coefficient (Wildman–Crippen LogP) is 3.33. The molecule has 0 spiro atoms. The van der Waals surface area contributed by atoms with Crippen molar-refractivity contribution in [1.82, 2.24) is 14.5 Å². The van der Waals surface area contributed by atoms with E-state index in [0.29, 0.717) is 0 Å². The van der Waals surface area contributed by atoms with Gasteiger partial charge in [-0.05, 0) is 12.5 Å². The number of aryl methyl sites for hydroxylation is 1. The van der Waals surface area contributed by atoms with Gasteiger partial charge in [-0.25, -0.2) is 9.97 Å². The van der Waals surface area contributed by atoms with Crippen molar-refractivity contribution in [2.45, 2.75) is 19.8 Å². The molecule has 0 bridgehead atoms. The summed E-state index contributed by atoms with van der Waals surface area (Å²) in [6.07, 6.45) is 4.17. The van der Waals surface area contributed by atoms with Crippen LogP contribution in [-0.4, -0.2) is 21.1 Å². The van der Waals surface area contributed by atoms with Crippen molar-refractivity contribution in [3.05, 3.63) is 30.6 Å². The van der Waals surface area contributed by atoms with Crippen LogP contribution in [0, 0.1) is 0 Å². The van der Waals surface area contributed by atoms with E-state index in [2.05, 4.69) is 27.9 Å². The Bertz CT molecular complexity index is 715. The van der Waals surface area contributed by atoms with E-state index in [1.165, 1.54) is 6.42 Å². The molecular weight excluding hydrogens is 236 g/mol. The van der Waals surface area contributed by atoms with Crippen LogP contribution in [0.25, 0.3) is 21.9 Å². The first kappa shape index (κ1) is 12.0. The number of unbranched alkanes of at least 4 members (excludes halogenated alkanes) is 1. The average Bonchev–Trinajstić information content (AvgIpc) is 2.82. The van der Waals surface area contributed by atoms with Crippen molar-refractivity contribution in [3.8, 4) is 0 Å². The van der Waals surface area contributed by atoms with E-state index in [1.54, 1.807) is 0 Å². The zero-order valence-electron chi connectivity index (χ0n) is 11.3. The van der Waals surface area contributed by atoms with Crippen LogP contribution in [0.2, 0.25) is 0 Å². The fraction of sp³-hybridized carbons (Fsp3) is 0.333. The van der Waals surface area contributed by atoms with Crippen molar-refractivity contribution >= 4 is 27.8 Å². The molecule has 3 aromatic rings. The summed E-state index contributed by atoms with van der Waals surface area (Å²) >= 11 is 0. The Labute approximate surface area is 112 Å². The molecule has 4 nitrogen and oxygen atoms in total. The molecule has 19 heavy (non-hydrogen) atoms. The minimum atomic E-state index is 0.891. The largest absolute Gasteiger partial charge is 0.368 e. The number of nitrogens with zero attached hydrogens (tertiary/aromatic N) is 3. The normalized spacial score (nSPS) is 11.3. The number of imidazole rings is 1. The highest BCUT2D eigenvalue weighted by molar-refractivity contribution is 6.06. The van der Waals surface area contributed by atoms with Crippen LogP contribution in [-0.2, 0) is 7.05 Å². The SMILES string of the molecule is CCCCNc1nc2ccccc2c2c1ncn2C. The molecule has 1 aromatic carbocycles. The minimum Gasteiger partial charge on any atom is -0.368 e. The molecule has 0 aliphatic rings. The van der Waals surface area contributed by atoms with E-state index in [1.807, 2.05) is 31.6 Å². The highest BCUT2D eigenvalue weighted by Crippen LogP contribution is 2.27. The lowest BCUT2D eigenvalue weighted by atomic mass is 10.2. The van der Waals surface area contributed by atoms with E-state index < -0.39 is 0 Å². The Hall–Kier alpha value is -2.10. The molecule has 0 aliphatic heterocycles. The van der Waals surface area contributed by atoms with Gasteiger partial charge in [-0.3, -0.25) is 0 Å². The number of anilines is 1. The molecule has 0 saturated heterocycles. The molecule has 0 saturated carbocycles. The van der Waals surface area contributed by atoms with E-state index in [-0.39, 0.29) is 0 Å². The average molecular weight is 254 g/mol. The molecule has 2 heterocycles. The number of aromatic nitrogens is 3. The predicted molar refractivity (Wildman–Crippen MR) is 79.4 cm³/mol. The number of para-hydroxylation sites is 1. The summed E-state index contributed by atoms with van der Waals surface area (Å²) in [5.41, 5.74) is 3.11. The lowest BCUT2D eigenvalue weighted by Gasteiger charge is -2.08. The van der Waals surface area contributed by atoms with E-state index >= 15 is 0 Å². The van der Waals surface area contributed by atoms with Crippen LogP contribution in [0.1, 0.15) is 19.8 Å². The first-order chi connectivity index (χ1) is 9.31. The molecule has 2 aromatic heterocycles. The Morgan fingerprint density at radius 2 is 2.11 bits per heavy atom. The monoisotopic (exact) mass is 254 g/mol. The van der Waals surface area contributed by atoms with Gasteiger partial charge in [0, 0.05) is 19.0 Å². The van der Waals surface area contributed by atoms with Crippen LogP contribution in [0.5, 0.6) is 0 Å². The maximum absolute atomic E-state index is 4.70. The molecule has 0 amide bonds. The zero-order chi connectivity index (χ0) is 13.2. The maximum atomic E-state index is 4.70. The molecule has 0 unspecified atom stereocenters. The number of pyridine rings is 1. The second kappa shape index (κ2) is 4.88. The first-order valence-electron chi connectivity index (χ1n) is 6.75. The molecule has 0 fully saturated rings. The fourth-order valence-electron chi connectivity index (χ4n) is 2.37. The molecule has 98 valence electrons. The molecule has 1 N–H and O–H groups in total. The smallest absolute Gasteiger partial charge is 0.154 e. The van der Waals surface area contributed by atoms with Gasteiger partial charge in [0.1, 0.15) is 5.52 Å². The van der Waals surface area contributed by atoms with Gasteiger partial charge < -0.3 is 9.88 Å². The summed E-state index contributed by atoms with van der Waals surface area (Å²) in [5.74, 6) is 0.891. The molecular formula is C15H18N4. The van der Waals surface area contributed by atoms with Gasteiger partial charge in [0.15, 0.2) is 5.82 Å². The van der Waals surface area contributed by atoms with E-state index in [4.69, 9.17) is 4.98 Å².